The van der Waals surface area contributed by atoms with E-state index in [-0.39, 0.29) is 89.3 Å². The number of aliphatic hydroxyl groups excluding tert-OH is 1. The Morgan fingerprint density at radius 2 is 1.62 bits per heavy atom. The molecule has 0 bridgehead atoms. The molecule has 0 heterocycles. The second kappa shape index (κ2) is 11.1. The van der Waals surface area contributed by atoms with Crippen molar-refractivity contribution >= 4 is 23.7 Å². The maximum absolute atomic E-state index is 12.5. The monoisotopic (exact) mass is 548 g/mol. The number of hydrogen-bond acceptors (Lipinski definition) is 8. The lowest BCUT2D eigenvalue weighted by atomic mass is 9.42. The molecule has 0 radical (unpaired) electrons. The molecule has 8 nitrogen and oxygen atoms in total. The average Bonchev–Trinajstić information content (AvgIpc) is 3.17. The Balaban J connectivity index is 1.70. The summed E-state index contributed by atoms with van der Waals surface area (Å²) in [5.41, 5.74) is -0.898. The molecule has 4 rings (SSSR count). The largest absolute Gasteiger partial charge is 0.463 e. The number of esters is 3. The number of ketones is 1. The summed E-state index contributed by atoms with van der Waals surface area (Å²) in [7, 11) is 0. The summed E-state index contributed by atoms with van der Waals surface area (Å²) < 4.78 is 17.5. The predicted molar refractivity (Wildman–Crippen MR) is 143 cm³/mol. The van der Waals surface area contributed by atoms with Crippen molar-refractivity contribution in [1.82, 2.24) is 0 Å². The molecule has 0 aromatic carbocycles. The van der Waals surface area contributed by atoms with Crippen LogP contribution in [0.15, 0.2) is 0 Å². The van der Waals surface area contributed by atoms with Crippen LogP contribution in [0.5, 0.6) is 0 Å². The molecule has 0 amide bonds. The normalized spacial score (nSPS) is 42.1. The number of rotatable bonds is 7. The summed E-state index contributed by atoms with van der Waals surface area (Å²) in [4.78, 5) is 49.5. The lowest BCUT2D eigenvalue weighted by Crippen LogP contribution is -2.66. The minimum atomic E-state index is -0.778. The van der Waals surface area contributed by atoms with Crippen molar-refractivity contribution in [3.8, 4) is 0 Å². The molecule has 2 unspecified atom stereocenters. The summed E-state index contributed by atoms with van der Waals surface area (Å²) in [6.45, 7) is 13.1. The van der Waals surface area contributed by atoms with Crippen LogP contribution in [-0.2, 0) is 33.4 Å². The number of Topliss-reactive ketones (excluding diaryl/α,β-unsaturated/α-hetero) is 1. The molecule has 0 aromatic rings. The topological polar surface area (TPSA) is 116 Å². The van der Waals surface area contributed by atoms with Crippen molar-refractivity contribution in [1.29, 1.82) is 0 Å². The van der Waals surface area contributed by atoms with Gasteiger partial charge in [0.2, 0.25) is 0 Å². The van der Waals surface area contributed by atoms with Gasteiger partial charge in [0.1, 0.15) is 18.0 Å². The smallest absolute Gasteiger partial charge is 0.306 e. The minimum absolute atomic E-state index is 0.00193. The van der Waals surface area contributed by atoms with Gasteiger partial charge in [-0.1, -0.05) is 20.8 Å². The summed E-state index contributed by atoms with van der Waals surface area (Å²) in [5.74, 6) is -0.434. The van der Waals surface area contributed by atoms with Gasteiger partial charge in [0.25, 0.3) is 0 Å². The fraction of sp³-hybridized carbons (Fsp3) is 0.871. The number of fused-ring (bicyclic) bond motifs is 5. The van der Waals surface area contributed by atoms with Gasteiger partial charge in [0.05, 0.1) is 12.2 Å². The highest BCUT2D eigenvalue weighted by Crippen LogP contribution is 2.69. The lowest BCUT2D eigenvalue weighted by molar-refractivity contribution is -0.234. The van der Waals surface area contributed by atoms with Gasteiger partial charge in [0, 0.05) is 49.9 Å². The van der Waals surface area contributed by atoms with Crippen LogP contribution in [0.1, 0.15) is 99.8 Å². The summed E-state index contributed by atoms with van der Waals surface area (Å²) >= 11 is 0. The first-order chi connectivity index (χ1) is 18.2. The number of carbonyl (C=O) groups excluding carboxylic acids is 4. The van der Waals surface area contributed by atoms with Gasteiger partial charge < -0.3 is 19.3 Å². The van der Waals surface area contributed by atoms with Gasteiger partial charge in [-0.15, -0.1) is 0 Å². The molecule has 8 heteroatoms. The Hall–Kier alpha value is -1.96. The van der Waals surface area contributed by atoms with Crippen LogP contribution in [0, 0.1) is 46.3 Å². The molecule has 0 aromatic heterocycles. The maximum Gasteiger partial charge on any atom is 0.306 e. The van der Waals surface area contributed by atoms with E-state index in [0.29, 0.717) is 32.1 Å². The van der Waals surface area contributed by atoms with E-state index in [2.05, 4.69) is 20.8 Å². The minimum Gasteiger partial charge on any atom is -0.463 e. The van der Waals surface area contributed by atoms with E-state index in [1.165, 1.54) is 13.8 Å². The number of carbonyl (C=O) groups is 4. The van der Waals surface area contributed by atoms with Crippen molar-refractivity contribution < 1.29 is 38.5 Å². The summed E-state index contributed by atoms with van der Waals surface area (Å²) in [5, 5.41) is 11.4. The van der Waals surface area contributed by atoms with Crippen LogP contribution in [0.25, 0.3) is 0 Å². The molecule has 0 aliphatic heterocycles. The van der Waals surface area contributed by atoms with E-state index >= 15 is 0 Å². The van der Waals surface area contributed by atoms with Crippen LogP contribution in [0.4, 0.5) is 0 Å². The molecule has 1 N–H and O–H groups in total. The van der Waals surface area contributed by atoms with E-state index in [9.17, 15) is 24.3 Å². The second-order valence-corrected chi connectivity index (χ2v) is 13.6. The SMILES string of the molecule is CC(=O)O[C@H]1CC2C([C@H](OC(C)=O)C[C@@H]3CC(=O)C[C@@H](O)[C@]23C)[C@@H]2CC[C@H]([C@H](C)CCC(=O)OC(C)C)[C@@]12C. The fourth-order valence-electron chi connectivity index (χ4n) is 9.54. The molecule has 4 fully saturated rings. The lowest BCUT2D eigenvalue weighted by Gasteiger charge is -2.64. The highest BCUT2D eigenvalue weighted by Gasteiger charge is 2.69. The van der Waals surface area contributed by atoms with Crippen molar-refractivity contribution in [2.75, 3.05) is 0 Å². The number of hydrogen-bond donors (Lipinski definition) is 1. The zero-order valence-corrected chi connectivity index (χ0v) is 24.7. The first kappa shape index (κ1) is 30.0. The standard InChI is InChI=1S/C31H48O8/c1-16(2)37-28(36)11-8-17(3)22-9-10-23-29-24(15-27(31(22,23)7)39-19(5)33)30(6)20(12-21(34)14-26(30)35)13-25(29)38-18(4)32/h16-17,20,22-27,29,35H,8-15H2,1-7H3/t17-,20+,22-,23+,24?,25-,26-,27+,29?,30+,31-/m1/s1. The molecule has 11 atom stereocenters. The highest BCUT2D eigenvalue weighted by atomic mass is 16.6. The fourth-order valence-corrected chi connectivity index (χ4v) is 9.54. The molecule has 220 valence electrons. The van der Waals surface area contributed by atoms with Crippen LogP contribution in [0.3, 0.4) is 0 Å². The van der Waals surface area contributed by atoms with E-state index < -0.39 is 11.5 Å². The first-order valence-electron chi connectivity index (χ1n) is 14.9. The Labute approximate surface area is 232 Å². The second-order valence-electron chi connectivity index (χ2n) is 13.6. The number of ether oxygens (including phenoxy) is 3. The van der Waals surface area contributed by atoms with Gasteiger partial charge >= 0.3 is 17.9 Å². The highest BCUT2D eigenvalue weighted by molar-refractivity contribution is 5.80. The van der Waals surface area contributed by atoms with Gasteiger partial charge in [-0.2, -0.15) is 0 Å². The van der Waals surface area contributed by atoms with E-state index in [1.54, 1.807) is 0 Å². The molecule has 0 saturated heterocycles. The van der Waals surface area contributed by atoms with E-state index in [1.807, 2.05) is 13.8 Å². The third kappa shape index (κ3) is 5.39. The average molecular weight is 549 g/mol. The van der Waals surface area contributed by atoms with Crippen LogP contribution < -0.4 is 0 Å². The third-order valence-corrected chi connectivity index (χ3v) is 11.2. The van der Waals surface area contributed by atoms with Crippen molar-refractivity contribution in [3.05, 3.63) is 0 Å². The van der Waals surface area contributed by atoms with Crippen molar-refractivity contribution in [2.24, 2.45) is 46.3 Å². The molecule has 4 saturated carbocycles. The Kier molecular flexibility index (Phi) is 8.57. The molecular weight excluding hydrogens is 500 g/mol. The molecule has 4 aliphatic rings. The maximum atomic E-state index is 12.5. The Morgan fingerprint density at radius 1 is 0.949 bits per heavy atom. The molecule has 39 heavy (non-hydrogen) atoms. The van der Waals surface area contributed by atoms with Gasteiger partial charge in [0.15, 0.2) is 0 Å². The predicted octanol–water partition coefficient (Wildman–Crippen LogP) is 4.64. The van der Waals surface area contributed by atoms with Crippen LogP contribution in [0.2, 0.25) is 0 Å². The van der Waals surface area contributed by atoms with E-state index in [4.69, 9.17) is 14.2 Å². The quantitative estimate of drug-likeness (QED) is 0.361. The van der Waals surface area contributed by atoms with E-state index in [0.717, 1.165) is 12.8 Å². The molecule has 4 aliphatic carbocycles. The summed E-state index contributed by atoms with van der Waals surface area (Å²) in [6, 6.07) is 0. The number of aliphatic hydroxyl groups is 1. The molecule has 0 spiro atoms. The van der Waals surface area contributed by atoms with Gasteiger partial charge in [-0.05, 0) is 75.5 Å². The zero-order valence-electron chi connectivity index (χ0n) is 24.7. The molecular formula is C31H48O8. The Bertz CT molecular complexity index is 976. The zero-order chi connectivity index (χ0) is 28.9. The van der Waals surface area contributed by atoms with Gasteiger partial charge in [-0.3, -0.25) is 19.2 Å². The first-order valence-corrected chi connectivity index (χ1v) is 14.9. The Morgan fingerprint density at radius 3 is 2.23 bits per heavy atom. The van der Waals surface area contributed by atoms with Crippen molar-refractivity contribution in [3.63, 3.8) is 0 Å². The van der Waals surface area contributed by atoms with Gasteiger partial charge in [-0.25, -0.2) is 0 Å². The summed E-state index contributed by atoms with van der Waals surface area (Å²) in [6.07, 6.45) is 2.86. The van der Waals surface area contributed by atoms with Crippen molar-refractivity contribution in [2.45, 2.75) is 124 Å². The van der Waals surface area contributed by atoms with Crippen LogP contribution in [-0.4, -0.2) is 53.2 Å². The third-order valence-electron chi connectivity index (χ3n) is 11.2. The van der Waals surface area contributed by atoms with Crippen LogP contribution >= 0.6 is 0 Å².